The molecule has 0 unspecified atom stereocenters. The molecule has 3 N–H and O–H groups in total. The summed E-state index contributed by atoms with van der Waals surface area (Å²) in [5.74, 6) is 0.313. The van der Waals surface area contributed by atoms with Crippen LogP contribution in [0.2, 0.25) is 0 Å². The molecule has 0 aliphatic rings. The van der Waals surface area contributed by atoms with Gasteiger partial charge < -0.3 is 20.7 Å². The standard InChI is InChI=1S/C11H11Cl3N4O4S/c1-22-8-3-2-6(18(20)21)4-7(8)16-10(23)17-9(15-5-19)11(12,13)14/h2-5,9H,1H3,(H,15,19)(H2,16,17,23)/t9-/m0/s1. The highest BCUT2D eigenvalue weighted by Gasteiger charge is 2.33. The van der Waals surface area contributed by atoms with Crippen LogP contribution in [0.3, 0.4) is 0 Å². The van der Waals surface area contributed by atoms with Crippen molar-refractivity contribution in [1.29, 1.82) is 0 Å². The predicted octanol–water partition coefficient (Wildman–Crippen LogP) is 2.33. The number of amides is 1. The fourth-order valence-electron chi connectivity index (χ4n) is 1.48. The van der Waals surface area contributed by atoms with Crippen molar-refractivity contribution in [2.75, 3.05) is 12.4 Å². The zero-order valence-electron chi connectivity index (χ0n) is 11.5. The van der Waals surface area contributed by atoms with Gasteiger partial charge >= 0.3 is 0 Å². The molecule has 0 aromatic heterocycles. The fraction of sp³-hybridized carbons (Fsp3) is 0.273. The number of thiocarbonyl (C=S) groups is 1. The first kappa shape index (κ1) is 19.5. The molecule has 12 heteroatoms. The maximum atomic E-state index is 10.8. The minimum Gasteiger partial charge on any atom is -0.495 e. The minimum atomic E-state index is -1.88. The lowest BCUT2D eigenvalue weighted by molar-refractivity contribution is -0.384. The van der Waals surface area contributed by atoms with Crippen LogP contribution in [0.15, 0.2) is 18.2 Å². The third-order valence-electron chi connectivity index (χ3n) is 2.48. The molecule has 0 aliphatic carbocycles. The van der Waals surface area contributed by atoms with Crippen LogP contribution in [0.1, 0.15) is 0 Å². The number of anilines is 1. The number of carbonyl (C=O) groups is 1. The van der Waals surface area contributed by atoms with Crippen molar-refractivity contribution in [1.82, 2.24) is 10.6 Å². The first-order valence-electron chi connectivity index (χ1n) is 5.85. The van der Waals surface area contributed by atoms with Gasteiger partial charge in [0.25, 0.3) is 5.69 Å². The summed E-state index contributed by atoms with van der Waals surface area (Å²) in [5, 5.41) is 18.3. The number of ether oxygens (including phenoxy) is 1. The lowest BCUT2D eigenvalue weighted by Crippen LogP contribution is -2.53. The second kappa shape index (κ2) is 8.34. The summed E-state index contributed by atoms with van der Waals surface area (Å²) in [6, 6.07) is 3.90. The van der Waals surface area contributed by atoms with Crippen molar-refractivity contribution in [3.05, 3.63) is 28.3 Å². The van der Waals surface area contributed by atoms with Crippen LogP contribution in [0.25, 0.3) is 0 Å². The minimum absolute atomic E-state index is 0.0468. The molecule has 0 heterocycles. The highest BCUT2D eigenvalue weighted by atomic mass is 35.6. The van der Waals surface area contributed by atoms with E-state index >= 15 is 0 Å². The number of carbonyl (C=O) groups excluding carboxylic acids is 1. The first-order valence-corrected chi connectivity index (χ1v) is 7.39. The molecule has 0 saturated heterocycles. The topological polar surface area (TPSA) is 106 Å². The highest BCUT2D eigenvalue weighted by molar-refractivity contribution is 7.80. The van der Waals surface area contributed by atoms with E-state index in [1.807, 2.05) is 0 Å². The number of nitro benzene ring substituents is 1. The number of halogens is 3. The van der Waals surface area contributed by atoms with Crippen LogP contribution in [-0.2, 0) is 4.79 Å². The number of nitrogens with zero attached hydrogens (tertiary/aromatic N) is 1. The summed E-state index contributed by atoms with van der Waals surface area (Å²) in [7, 11) is 1.39. The molecule has 0 spiro atoms. The van der Waals surface area contributed by atoms with E-state index in [0.29, 0.717) is 12.2 Å². The number of alkyl halides is 3. The monoisotopic (exact) mass is 400 g/mol. The van der Waals surface area contributed by atoms with E-state index in [-0.39, 0.29) is 16.5 Å². The quantitative estimate of drug-likeness (QED) is 0.168. The molecule has 1 amide bonds. The van der Waals surface area contributed by atoms with Gasteiger partial charge in [-0.3, -0.25) is 14.9 Å². The summed E-state index contributed by atoms with van der Waals surface area (Å²) < 4.78 is 3.20. The number of nitrogens with one attached hydrogen (secondary N) is 3. The third-order valence-corrected chi connectivity index (χ3v) is 3.35. The second-order valence-electron chi connectivity index (χ2n) is 4.00. The van der Waals surface area contributed by atoms with E-state index in [9.17, 15) is 14.9 Å². The van der Waals surface area contributed by atoms with E-state index in [0.717, 1.165) is 0 Å². The second-order valence-corrected chi connectivity index (χ2v) is 6.78. The normalized spacial score (nSPS) is 12.0. The number of non-ortho nitro benzene ring substituents is 1. The molecule has 0 bridgehead atoms. The number of hydrogen-bond donors (Lipinski definition) is 3. The smallest absolute Gasteiger partial charge is 0.271 e. The van der Waals surface area contributed by atoms with Gasteiger partial charge in [0.1, 0.15) is 11.9 Å². The first-order chi connectivity index (χ1) is 10.7. The zero-order valence-corrected chi connectivity index (χ0v) is 14.6. The molecule has 8 nitrogen and oxygen atoms in total. The van der Waals surface area contributed by atoms with Crippen molar-refractivity contribution in [3.63, 3.8) is 0 Å². The van der Waals surface area contributed by atoms with E-state index in [2.05, 4.69) is 16.0 Å². The van der Waals surface area contributed by atoms with Gasteiger partial charge in [0, 0.05) is 12.1 Å². The van der Waals surface area contributed by atoms with Crippen LogP contribution in [0, 0.1) is 10.1 Å². The van der Waals surface area contributed by atoms with Gasteiger partial charge in [-0.15, -0.1) is 0 Å². The molecule has 1 rings (SSSR count). The summed E-state index contributed by atoms with van der Waals surface area (Å²) in [6.45, 7) is 0. The molecule has 1 atom stereocenters. The Balaban J connectivity index is 2.93. The number of methoxy groups -OCH3 is 1. The van der Waals surface area contributed by atoms with E-state index in [1.54, 1.807) is 0 Å². The number of hydrogen-bond acceptors (Lipinski definition) is 5. The van der Waals surface area contributed by atoms with Crippen molar-refractivity contribution >= 4 is 69.9 Å². The Hall–Kier alpha value is -1.55. The predicted molar refractivity (Wildman–Crippen MR) is 92.3 cm³/mol. The average Bonchev–Trinajstić information content (AvgIpc) is 2.45. The average molecular weight is 402 g/mol. The third kappa shape index (κ3) is 5.87. The van der Waals surface area contributed by atoms with Gasteiger partial charge in [0.15, 0.2) is 5.11 Å². The number of nitro groups is 1. The number of rotatable bonds is 6. The Morgan fingerprint density at radius 3 is 2.61 bits per heavy atom. The zero-order chi connectivity index (χ0) is 17.6. The van der Waals surface area contributed by atoms with Crippen LogP contribution in [0.4, 0.5) is 11.4 Å². The van der Waals surface area contributed by atoms with Crippen molar-refractivity contribution in [3.8, 4) is 5.75 Å². The lowest BCUT2D eigenvalue weighted by Gasteiger charge is -2.26. The van der Waals surface area contributed by atoms with Gasteiger partial charge in [0.2, 0.25) is 10.2 Å². The largest absolute Gasteiger partial charge is 0.495 e. The van der Waals surface area contributed by atoms with Gasteiger partial charge in [-0.05, 0) is 18.3 Å². The molecule has 1 aromatic carbocycles. The van der Waals surface area contributed by atoms with E-state index in [4.69, 9.17) is 51.8 Å². The van der Waals surface area contributed by atoms with Crippen molar-refractivity contribution in [2.24, 2.45) is 0 Å². The molecule has 23 heavy (non-hydrogen) atoms. The van der Waals surface area contributed by atoms with E-state index in [1.165, 1.54) is 25.3 Å². The molecule has 1 aromatic rings. The van der Waals surface area contributed by atoms with Gasteiger partial charge in [-0.1, -0.05) is 34.8 Å². The Morgan fingerprint density at radius 2 is 2.13 bits per heavy atom. The Kier molecular flexibility index (Phi) is 7.07. The lowest BCUT2D eigenvalue weighted by atomic mass is 10.2. The Morgan fingerprint density at radius 1 is 1.48 bits per heavy atom. The van der Waals surface area contributed by atoms with Crippen LogP contribution < -0.4 is 20.7 Å². The molecule has 0 fully saturated rings. The van der Waals surface area contributed by atoms with Crippen LogP contribution in [-0.4, -0.2) is 33.5 Å². The van der Waals surface area contributed by atoms with Crippen LogP contribution >= 0.6 is 47.0 Å². The maximum Gasteiger partial charge on any atom is 0.271 e. The summed E-state index contributed by atoms with van der Waals surface area (Å²) in [4.78, 5) is 20.8. The molecule has 0 aliphatic heterocycles. The molecule has 126 valence electrons. The highest BCUT2D eigenvalue weighted by Crippen LogP contribution is 2.30. The van der Waals surface area contributed by atoms with Gasteiger partial charge in [-0.2, -0.15) is 0 Å². The van der Waals surface area contributed by atoms with Gasteiger partial charge in [0.05, 0.1) is 17.7 Å². The Bertz CT molecular complexity index is 611. The maximum absolute atomic E-state index is 10.8. The Labute approximate surface area is 151 Å². The molecular formula is C11H11Cl3N4O4S. The van der Waals surface area contributed by atoms with E-state index < -0.39 is 14.9 Å². The SMILES string of the molecule is COc1ccc([N+](=O)[O-])cc1NC(=S)N[C@H](NC=O)C(Cl)(Cl)Cl. The van der Waals surface area contributed by atoms with Gasteiger partial charge in [-0.25, -0.2) is 0 Å². The van der Waals surface area contributed by atoms with Crippen molar-refractivity contribution in [2.45, 2.75) is 9.96 Å². The molecule has 0 radical (unpaired) electrons. The molecule has 0 saturated carbocycles. The summed E-state index contributed by atoms with van der Waals surface area (Å²) >= 11 is 22.1. The molecular weight excluding hydrogens is 391 g/mol. The summed E-state index contributed by atoms with van der Waals surface area (Å²) in [6.07, 6.45) is -0.787. The summed E-state index contributed by atoms with van der Waals surface area (Å²) in [5.41, 5.74) is 0.0633. The van der Waals surface area contributed by atoms with Crippen molar-refractivity contribution < 1.29 is 14.5 Å². The fourth-order valence-corrected chi connectivity index (χ4v) is 2.06. The number of benzene rings is 1. The van der Waals surface area contributed by atoms with Crippen LogP contribution in [0.5, 0.6) is 5.75 Å².